The Labute approximate surface area is 244 Å². The molecule has 12 heteroatoms. The zero-order valence-corrected chi connectivity index (χ0v) is 24.1. The van der Waals surface area contributed by atoms with Gasteiger partial charge in [0.05, 0.1) is 17.7 Å². The van der Waals surface area contributed by atoms with Crippen LogP contribution in [0.15, 0.2) is 77.7 Å². The van der Waals surface area contributed by atoms with Gasteiger partial charge in [-0.15, -0.1) is 0 Å². The van der Waals surface area contributed by atoms with Gasteiger partial charge < -0.3 is 19.8 Å². The number of Topliss-reactive ketones (excluding diaryl/α,β-unsaturated/α-hetero) is 1. The van der Waals surface area contributed by atoms with Crippen molar-refractivity contribution in [1.82, 2.24) is 4.90 Å². The van der Waals surface area contributed by atoms with Crippen LogP contribution in [-0.2, 0) is 19.6 Å². The molecule has 42 heavy (non-hydrogen) atoms. The third kappa shape index (κ3) is 8.37. The molecule has 3 aromatic carbocycles. The van der Waals surface area contributed by atoms with Crippen molar-refractivity contribution in [2.45, 2.75) is 24.7 Å². The SMILES string of the molecule is COc1ccccc1N(CCN1CCC(C(=O)c2ccc(F)cc2)CC1)S(=O)(=O)c1ccc(C)cc1.O=C(O)C(=O)O. The van der Waals surface area contributed by atoms with Crippen LogP contribution in [0.25, 0.3) is 0 Å². The van der Waals surface area contributed by atoms with Crippen molar-refractivity contribution in [2.24, 2.45) is 5.92 Å². The number of sulfonamides is 1. The number of carbonyl (C=O) groups is 3. The fourth-order valence-electron chi connectivity index (χ4n) is 4.54. The highest BCUT2D eigenvalue weighted by molar-refractivity contribution is 7.92. The maximum atomic E-state index is 13.7. The summed E-state index contributed by atoms with van der Waals surface area (Å²) in [6, 6.07) is 19.6. The van der Waals surface area contributed by atoms with Crippen LogP contribution in [0.3, 0.4) is 0 Å². The van der Waals surface area contributed by atoms with Crippen LogP contribution in [0.2, 0.25) is 0 Å². The lowest BCUT2D eigenvalue weighted by atomic mass is 9.89. The Hall–Kier alpha value is -4.29. The van der Waals surface area contributed by atoms with E-state index in [0.29, 0.717) is 49.5 Å². The lowest BCUT2D eigenvalue weighted by molar-refractivity contribution is -0.159. The second-order valence-electron chi connectivity index (χ2n) is 9.66. The topological polar surface area (TPSA) is 142 Å². The highest BCUT2D eigenvalue weighted by Gasteiger charge is 2.30. The Morgan fingerprint density at radius 2 is 1.50 bits per heavy atom. The minimum Gasteiger partial charge on any atom is -0.495 e. The molecule has 4 rings (SSSR count). The molecule has 0 spiro atoms. The highest BCUT2D eigenvalue weighted by Crippen LogP contribution is 2.32. The molecule has 0 atom stereocenters. The average Bonchev–Trinajstić information content (AvgIpc) is 2.98. The number of methoxy groups -OCH3 is 1. The van der Waals surface area contributed by atoms with Crippen LogP contribution in [0.5, 0.6) is 5.75 Å². The third-order valence-electron chi connectivity index (χ3n) is 6.85. The summed E-state index contributed by atoms with van der Waals surface area (Å²) in [5.74, 6) is -3.61. The first-order valence-corrected chi connectivity index (χ1v) is 14.6. The molecule has 0 saturated carbocycles. The number of ether oxygens (including phenoxy) is 1. The van der Waals surface area contributed by atoms with E-state index in [1.54, 1.807) is 42.5 Å². The van der Waals surface area contributed by atoms with Crippen LogP contribution < -0.4 is 9.04 Å². The molecule has 0 bridgehead atoms. The quantitative estimate of drug-likeness (QED) is 0.274. The van der Waals surface area contributed by atoms with Crippen LogP contribution in [-0.4, -0.2) is 74.5 Å². The van der Waals surface area contributed by atoms with Gasteiger partial charge in [-0.25, -0.2) is 22.4 Å². The van der Waals surface area contributed by atoms with E-state index in [2.05, 4.69) is 4.90 Å². The Morgan fingerprint density at radius 1 is 0.929 bits per heavy atom. The maximum absolute atomic E-state index is 13.7. The number of benzene rings is 3. The Kier molecular flexibility index (Phi) is 11.2. The van der Waals surface area contributed by atoms with E-state index in [0.717, 1.165) is 5.56 Å². The molecule has 0 radical (unpaired) electrons. The average molecular weight is 601 g/mol. The summed E-state index contributed by atoms with van der Waals surface area (Å²) in [7, 11) is -2.30. The van der Waals surface area contributed by atoms with Crippen LogP contribution in [0.4, 0.5) is 10.1 Å². The molecular formula is C30H33FN2O8S. The summed E-state index contributed by atoms with van der Waals surface area (Å²) in [6.45, 7) is 4.04. The summed E-state index contributed by atoms with van der Waals surface area (Å²) in [5, 5.41) is 14.8. The number of carbonyl (C=O) groups excluding carboxylic acids is 1. The number of anilines is 1. The molecule has 3 aromatic rings. The monoisotopic (exact) mass is 600 g/mol. The van der Waals surface area contributed by atoms with E-state index in [1.807, 2.05) is 13.0 Å². The zero-order valence-electron chi connectivity index (χ0n) is 23.3. The number of hydrogen-bond donors (Lipinski definition) is 2. The van der Waals surface area contributed by atoms with Crippen molar-refractivity contribution in [2.75, 3.05) is 37.6 Å². The number of carboxylic acids is 2. The van der Waals surface area contributed by atoms with Crippen LogP contribution in [0, 0.1) is 18.7 Å². The normalized spacial score (nSPS) is 13.9. The number of piperidine rings is 1. The number of aliphatic carboxylic acids is 2. The number of likely N-dealkylation sites (tertiary alicyclic amines) is 1. The first-order chi connectivity index (χ1) is 19.9. The molecular weight excluding hydrogens is 567 g/mol. The molecule has 0 amide bonds. The molecule has 0 unspecified atom stereocenters. The fraction of sp³-hybridized carbons (Fsp3) is 0.300. The minimum absolute atomic E-state index is 0.0345. The molecule has 0 aromatic heterocycles. The van der Waals surface area contributed by atoms with Gasteiger partial charge in [0.1, 0.15) is 11.6 Å². The molecule has 1 saturated heterocycles. The van der Waals surface area contributed by atoms with E-state index in [-0.39, 0.29) is 29.0 Å². The molecule has 0 aliphatic carbocycles. The van der Waals surface area contributed by atoms with Crippen LogP contribution >= 0.6 is 0 Å². The number of ketones is 1. The summed E-state index contributed by atoms with van der Waals surface area (Å²) in [5.41, 5.74) is 2.00. The van der Waals surface area contributed by atoms with Gasteiger partial charge in [0.15, 0.2) is 5.78 Å². The number of aryl methyl sites for hydroxylation is 1. The third-order valence-corrected chi connectivity index (χ3v) is 8.68. The van der Waals surface area contributed by atoms with Gasteiger partial charge in [0.2, 0.25) is 0 Å². The summed E-state index contributed by atoms with van der Waals surface area (Å²) in [4.78, 5) is 33.4. The van der Waals surface area contributed by atoms with E-state index in [1.165, 1.54) is 35.7 Å². The predicted molar refractivity (Wildman–Crippen MR) is 154 cm³/mol. The lowest BCUT2D eigenvalue weighted by Crippen LogP contribution is -2.43. The summed E-state index contributed by atoms with van der Waals surface area (Å²) >= 11 is 0. The predicted octanol–water partition coefficient (Wildman–Crippen LogP) is 4.09. The summed E-state index contributed by atoms with van der Waals surface area (Å²) < 4.78 is 47.5. The van der Waals surface area contributed by atoms with Crippen molar-refractivity contribution in [1.29, 1.82) is 0 Å². The second kappa shape index (κ2) is 14.6. The molecule has 1 aliphatic heterocycles. The number of para-hydroxylation sites is 2. The van der Waals surface area contributed by atoms with Crippen molar-refractivity contribution in [3.63, 3.8) is 0 Å². The fourth-order valence-corrected chi connectivity index (χ4v) is 6.01. The first-order valence-electron chi connectivity index (χ1n) is 13.1. The van der Waals surface area contributed by atoms with E-state index in [9.17, 15) is 17.6 Å². The van der Waals surface area contributed by atoms with E-state index in [4.69, 9.17) is 24.5 Å². The van der Waals surface area contributed by atoms with Gasteiger partial charge in [0.25, 0.3) is 10.0 Å². The van der Waals surface area contributed by atoms with Gasteiger partial charge >= 0.3 is 11.9 Å². The highest BCUT2D eigenvalue weighted by atomic mass is 32.2. The standard InChI is InChI=1S/C28H31FN2O4S.C2H2O4/c1-21-7-13-25(14-8-21)36(33,34)31(26-5-3-4-6-27(26)35-2)20-19-30-17-15-23(16-18-30)28(32)22-9-11-24(29)12-10-22;3-1(4)2(5)6/h3-14,23H,15-20H2,1-2H3;(H,3,4)(H,5,6). The van der Waals surface area contributed by atoms with E-state index >= 15 is 0 Å². The Bertz CT molecular complexity index is 1470. The van der Waals surface area contributed by atoms with Gasteiger partial charge in [-0.1, -0.05) is 29.8 Å². The van der Waals surface area contributed by atoms with Gasteiger partial charge in [-0.05, 0) is 81.4 Å². The zero-order chi connectivity index (χ0) is 30.9. The number of hydrogen-bond acceptors (Lipinski definition) is 7. The molecule has 1 fully saturated rings. The lowest BCUT2D eigenvalue weighted by Gasteiger charge is -2.33. The van der Waals surface area contributed by atoms with Crippen molar-refractivity contribution < 1.29 is 42.1 Å². The number of carboxylic acid groups (broad SMARTS) is 2. The molecule has 1 aliphatic rings. The number of nitrogens with zero attached hydrogens (tertiary/aromatic N) is 2. The van der Waals surface area contributed by atoms with Crippen LogP contribution in [0.1, 0.15) is 28.8 Å². The van der Waals surface area contributed by atoms with E-state index < -0.39 is 22.0 Å². The minimum atomic E-state index is -3.83. The Morgan fingerprint density at radius 3 is 2.05 bits per heavy atom. The van der Waals surface area contributed by atoms with Crippen molar-refractivity contribution in [3.8, 4) is 5.75 Å². The van der Waals surface area contributed by atoms with Gasteiger partial charge in [-0.2, -0.15) is 0 Å². The Balaban J connectivity index is 0.000000730. The summed E-state index contributed by atoms with van der Waals surface area (Å²) in [6.07, 6.45) is 1.35. The second-order valence-corrected chi connectivity index (χ2v) is 11.5. The van der Waals surface area contributed by atoms with Gasteiger partial charge in [-0.3, -0.25) is 9.10 Å². The van der Waals surface area contributed by atoms with Crippen molar-refractivity contribution in [3.05, 3.63) is 89.7 Å². The molecule has 10 nitrogen and oxygen atoms in total. The first kappa shape index (κ1) is 32.2. The van der Waals surface area contributed by atoms with Gasteiger partial charge in [0, 0.05) is 24.6 Å². The number of halogens is 1. The van der Waals surface area contributed by atoms with Crippen molar-refractivity contribution >= 4 is 33.4 Å². The maximum Gasteiger partial charge on any atom is 0.414 e. The number of rotatable bonds is 9. The molecule has 2 N–H and O–H groups in total. The largest absolute Gasteiger partial charge is 0.495 e. The molecule has 224 valence electrons. The smallest absolute Gasteiger partial charge is 0.414 e. The molecule has 1 heterocycles.